The predicted molar refractivity (Wildman–Crippen MR) is 69.0 cm³/mol. The van der Waals surface area contributed by atoms with Crippen molar-refractivity contribution in [2.24, 2.45) is 0 Å². The van der Waals surface area contributed by atoms with E-state index in [1.807, 2.05) is 6.07 Å². The second kappa shape index (κ2) is 6.11. The van der Waals surface area contributed by atoms with Crippen molar-refractivity contribution in [3.8, 4) is 11.5 Å². The lowest BCUT2D eigenvalue weighted by atomic mass is 10.2. The number of hydrogen-bond acceptors (Lipinski definition) is 3. The highest BCUT2D eigenvalue weighted by atomic mass is 19.1. The molecule has 0 heterocycles. The first-order valence-corrected chi connectivity index (χ1v) is 5.74. The molecule has 0 saturated heterocycles. The quantitative estimate of drug-likeness (QED) is 0.771. The van der Waals surface area contributed by atoms with Crippen molar-refractivity contribution < 1.29 is 18.7 Å². The maximum Gasteiger partial charge on any atom is 0.173 e. The molecule has 0 aliphatic rings. The van der Waals surface area contributed by atoms with Gasteiger partial charge in [-0.25, -0.2) is 4.39 Å². The molecule has 0 fully saturated rings. The summed E-state index contributed by atoms with van der Waals surface area (Å²) in [6.07, 6.45) is 0.567. The Labute approximate surface area is 110 Å². The fourth-order valence-corrected chi connectivity index (χ4v) is 1.71. The lowest BCUT2D eigenvalue weighted by Gasteiger charge is -2.10. The molecular formula is C15H13FO3. The van der Waals surface area contributed by atoms with Crippen LogP contribution >= 0.6 is 0 Å². The van der Waals surface area contributed by atoms with E-state index in [0.717, 1.165) is 5.56 Å². The highest BCUT2D eigenvalue weighted by Gasteiger charge is 2.10. The molecule has 0 aromatic heterocycles. The molecule has 0 saturated carbocycles. The van der Waals surface area contributed by atoms with Gasteiger partial charge in [0, 0.05) is 7.11 Å². The topological polar surface area (TPSA) is 35.5 Å². The summed E-state index contributed by atoms with van der Waals surface area (Å²) in [6.45, 7) is 0.439. The average Bonchev–Trinajstić information content (AvgIpc) is 2.42. The SMILES string of the molecule is COCc1cccc(Oc2c(F)cccc2C=O)c1. The van der Waals surface area contributed by atoms with E-state index in [4.69, 9.17) is 9.47 Å². The average molecular weight is 260 g/mol. The molecule has 0 aliphatic carbocycles. The number of para-hydroxylation sites is 1. The molecule has 2 aromatic carbocycles. The third-order valence-corrected chi connectivity index (χ3v) is 2.55. The van der Waals surface area contributed by atoms with E-state index in [1.54, 1.807) is 25.3 Å². The zero-order valence-electron chi connectivity index (χ0n) is 10.4. The summed E-state index contributed by atoms with van der Waals surface area (Å²) in [7, 11) is 1.59. The number of rotatable bonds is 5. The maximum atomic E-state index is 13.7. The predicted octanol–water partition coefficient (Wildman–Crippen LogP) is 3.58. The van der Waals surface area contributed by atoms with Crippen molar-refractivity contribution in [3.05, 3.63) is 59.4 Å². The number of ether oxygens (including phenoxy) is 2. The Morgan fingerprint density at radius 3 is 2.74 bits per heavy atom. The fourth-order valence-electron chi connectivity index (χ4n) is 1.71. The van der Waals surface area contributed by atoms with Crippen molar-refractivity contribution in [3.63, 3.8) is 0 Å². The first-order chi connectivity index (χ1) is 9.24. The Bertz CT molecular complexity index is 581. The Morgan fingerprint density at radius 2 is 2.00 bits per heavy atom. The van der Waals surface area contributed by atoms with Crippen molar-refractivity contribution in [1.82, 2.24) is 0 Å². The second-order valence-electron chi connectivity index (χ2n) is 3.96. The minimum Gasteiger partial charge on any atom is -0.454 e. The van der Waals surface area contributed by atoms with Crippen LogP contribution in [0.5, 0.6) is 11.5 Å². The summed E-state index contributed by atoms with van der Waals surface area (Å²) in [4.78, 5) is 10.9. The van der Waals surface area contributed by atoms with E-state index in [9.17, 15) is 9.18 Å². The van der Waals surface area contributed by atoms with Crippen LogP contribution in [0.25, 0.3) is 0 Å². The van der Waals surface area contributed by atoms with Gasteiger partial charge in [0.15, 0.2) is 17.9 Å². The van der Waals surface area contributed by atoms with Gasteiger partial charge in [-0.15, -0.1) is 0 Å². The van der Waals surface area contributed by atoms with Crippen molar-refractivity contribution in [2.45, 2.75) is 6.61 Å². The molecule has 0 spiro atoms. The van der Waals surface area contributed by atoms with Crippen molar-refractivity contribution in [1.29, 1.82) is 0 Å². The van der Waals surface area contributed by atoms with Crippen LogP contribution in [0.3, 0.4) is 0 Å². The molecule has 0 atom stereocenters. The van der Waals surface area contributed by atoms with Crippen LogP contribution in [0.2, 0.25) is 0 Å². The largest absolute Gasteiger partial charge is 0.454 e. The van der Waals surface area contributed by atoms with Crippen LogP contribution in [-0.4, -0.2) is 13.4 Å². The van der Waals surface area contributed by atoms with Gasteiger partial charge in [0.25, 0.3) is 0 Å². The second-order valence-corrected chi connectivity index (χ2v) is 3.96. The number of halogens is 1. The van der Waals surface area contributed by atoms with E-state index in [2.05, 4.69) is 0 Å². The summed E-state index contributed by atoms with van der Waals surface area (Å²) < 4.78 is 24.1. The van der Waals surface area contributed by atoms with Gasteiger partial charge in [0.05, 0.1) is 12.2 Å². The highest BCUT2D eigenvalue weighted by molar-refractivity contribution is 5.79. The van der Waals surface area contributed by atoms with Crippen LogP contribution in [-0.2, 0) is 11.3 Å². The smallest absolute Gasteiger partial charge is 0.173 e. The Kier molecular flexibility index (Phi) is 4.26. The number of carbonyl (C=O) groups is 1. The number of benzene rings is 2. The van der Waals surface area contributed by atoms with Gasteiger partial charge in [-0.05, 0) is 29.8 Å². The van der Waals surface area contributed by atoms with Crippen LogP contribution in [0.4, 0.5) is 4.39 Å². The molecule has 0 aliphatic heterocycles. The summed E-state index contributed by atoms with van der Waals surface area (Å²) >= 11 is 0. The number of methoxy groups -OCH3 is 1. The molecule has 3 nitrogen and oxygen atoms in total. The molecule has 98 valence electrons. The molecule has 0 N–H and O–H groups in total. The molecule has 0 radical (unpaired) electrons. The van der Waals surface area contributed by atoms with E-state index < -0.39 is 5.82 Å². The van der Waals surface area contributed by atoms with Gasteiger partial charge < -0.3 is 9.47 Å². The Morgan fingerprint density at radius 1 is 1.21 bits per heavy atom. The third kappa shape index (κ3) is 3.17. The molecule has 19 heavy (non-hydrogen) atoms. The molecule has 0 bridgehead atoms. The first kappa shape index (κ1) is 13.2. The van der Waals surface area contributed by atoms with Crippen LogP contribution < -0.4 is 4.74 Å². The van der Waals surface area contributed by atoms with Crippen molar-refractivity contribution in [2.75, 3.05) is 7.11 Å². The van der Waals surface area contributed by atoms with Gasteiger partial charge in [0.1, 0.15) is 5.75 Å². The monoisotopic (exact) mass is 260 g/mol. The molecule has 2 aromatic rings. The first-order valence-electron chi connectivity index (χ1n) is 5.74. The minimum atomic E-state index is -0.568. The highest BCUT2D eigenvalue weighted by Crippen LogP contribution is 2.28. The molecule has 0 amide bonds. The molecule has 4 heteroatoms. The van der Waals surface area contributed by atoms with E-state index in [-0.39, 0.29) is 11.3 Å². The number of carbonyl (C=O) groups excluding carboxylic acids is 1. The lowest BCUT2D eigenvalue weighted by molar-refractivity contribution is 0.112. The van der Waals surface area contributed by atoms with Gasteiger partial charge in [0.2, 0.25) is 0 Å². The van der Waals surface area contributed by atoms with E-state index in [0.29, 0.717) is 18.6 Å². The van der Waals surface area contributed by atoms with Gasteiger partial charge in [-0.3, -0.25) is 4.79 Å². The summed E-state index contributed by atoms with van der Waals surface area (Å²) in [5, 5.41) is 0. The summed E-state index contributed by atoms with van der Waals surface area (Å²) in [5.41, 5.74) is 1.08. The van der Waals surface area contributed by atoms with E-state index in [1.165, 1.54) is 18.2 Å². The van der Waals surface area contributed by atoms with E-state index >= 15 is 0 Å². The molecule has 2 rings (SSSR count). The number of hydrogen-bond donors (Lipinski definition) is 0. The summed E-state index contributed by atoms with van der Waals surface area (Å²) in [5.74, 6) is -0.170. The third-order valence-electron chi connectivity index (χ3n) is 2.55. The van der Waals surface area contributed by atoms with Gasteiger partial charge in [-0.1, -0.05) is 18.2 Å². The molecule has 0 unspecified atom stereocenters. The Balaban J connectivity index is 2.30. The maximum absolute atomic E-state index is 13.7. The Hall–Kier alpha value is -2.20. The minimum absolute atomic E-state index is 0.0629. The summed E-state index contributed by atoms with van der Waals surface area (Å²) in [6, 6.07) is 11.3. The van der Waals surface area contributed by atoms with Crippen LogP contribution in [0.15, 0.2) is 42.5 Å². The fraction of sp³-hybridized carbons (Fsp3) is 0.133. The lowest BCUT2D eigenvalue weighted by Crippen LogP contribution is -1.95. The van der Waals surface area contributed by atoms with Crippen LogP contribution in [0, 0.1) is 5.82 Å². The zero-order valence-corrected chi connectivity index (χ0v) is 10.4. The van der Waals surface area contributed by atoms with Gasteiger partial charge in [-0.2, -0.15) is 0 Å². The molecular weight excluding hydrogens is 247 g/mol. The normalized spacial score (nSPS) is 10.2. The van der Waals surface area contributed by atoms with Crippen LogP contribution in [0.1, 0.15) is 15.9 Å². The zero-order chi connectivity index (χ0) is 13.7. The van der Waals surface area contributed by atoms with Gasteiger partial charge >= 0.3 is 0 Å². The van der Waals surface area contributed by atoms with Crippen molar-refractivity contribution >= 4 is 6.29 Å². The number of aldehydes is 1. The standard InChI is InChI=1S/C15H13FO3/c1-18-10-11-4-2-6-13(8-11)19-15-12(9-17)5-3-7-14(15)16/h2-9H,10H2,1H3.